The highest BCUT2D eigenvalue weighted by Crippen LogP contribution is 1.97. The first-order chi connectivity index (χ1) is 5.52. The maximum atomic E-state index is 10.6. The minimum Gasteiger partial charge on any atom is -0.321 e. The van der Waals surface area contributed by atoms with E-state index in [-0.39, 0.29) is 6.61 Å². The van der Waals surface area contributed by atoms with Gasteiger partial charge in [-0.1, -0.05) is 13.5 Å². The Kier molecular flexibility index (Phi) is 4.53. The van der Waals surface area contributed by atoms with Crippen LogP contribution in [0.25, 0.3) is 0 Å². The zero-order valence-corrected chi connectivity index (χ0v) is 7.46. The van der Waals surface area contributed by atoms with Crippen LogP contribution in [0.1, 0.15) is 13.3 Å². The summed E-state index contributed by atoms with van der Waals surface area (Å²) in [4.78, 5) is 10.4. The van der Waals surface area contributed by atoms with Crippen LogP contribution in [0.4, 0.5) is 0 Å². The first-order valence-corrected chi connectivity index (χ1v) is 4.60. The van der Waals surface area contributed by atoms with Gasteiger partial charge in [0.2, 0.25) is 0 Å². The molecule has 0 rings (SSSR count). The van der Waals surface area contributed by atoms with E-state index >= 15 is 0 Å². The van der Waals surface area contributed by atoms with Crippen LogP contribution in [0.2, 0.25) is 0 Å². The van der Waals surface area contributed by atoms with Gasteiger partial charge >= 0.3 is 16.4 Å². The van der Waals surface area contributed by atoms with Gasteiger partial charge in [0.25, 0.3) is 0 Å². The standard InChI is InChI=1S/C6H10O5S/c1-3-5-10-12(8,9)11-6(7)4-2/h4H,2-3,5H2,1H3. The quantitative estimate of drug-likeness (QED) is 0.592. The molecule has 12 heavy (non-hydrogen) atoms. The summed E-state index contributed by atoms with van der Waals surface area (Å²) in [7, 11) is -4.18. The van der Waals surface area contributed by atoms with Gasteiger partial charge in [0.05, 0.1) is 6.61 Å². The fourth-order valence-corrected chi connectivity index (χ4v) is 1.03. The molecule has 0 amide bonds. The first kappa shape index (κ1) is 11.1. The van der Waals surface area contributed by atoms with Gasteiger partial charge in [0, 0.05) is 6.08 Å². The molecule has 0 fully saturated rings. The monoisotopic (exact) mass is 194 g/mol. The Morgan fingerprint density at radius 2 is 2.17 bits per heavy atom. The summed E-state index contributed by atoms with van der Waals surface area (Å²) in [6, 6.07) is 0. The van der Waals surface area contributed by atoms with Crippen LogP contribution in [0.15, 0.2) is 12.7 Å². The summed E-state index contributed by atoms with van der Waals surface area (Å²) < 4.78 is 29.4. The normalized spacial score (nSPS) is 10.8. The molecule has 0 N–H and O–H groups in total. The molecule has 0 unspecified atom stereocenters. The van der Waals surface area contributed by atoms with Gasteiger partial charge in [0.1, 0.15) is 0 Å². The molecule has 0 radical (unpaired) electrons. The molecule has 0 aromatic heterocycles. The molecular weight excluding hydrogens is 184 g/mol. The summed E-state index contributed by atoms with van der Waals surface area (Å²) >= 11 is 0. The SMILES string of the molecule is C=CC(=O)OS(=O)(=O)OCCC. The molecule has 0 saturated heterocycles. The van der Waals surface area contributed by atoms with Crippen molar-refractivity contribution in [2.45, 2.75) is 13.3 Å². The molecule has 0 aromatic carbocycles. The van der Waals surface area contributed by atoms with E-state index in [1.54, 1.807) is 6.92 Å². The fraction of sp³-hybridized carbons (Fsp3) is 0.500. The van der Waals surface area contributed by atoms with Crippen LogP contribution in [0.5, 0.6) is 0 Å². The first-order valence-electron chi connectivity index (χ1n) is 3.27. The van der Waals surface area contributed by atoms with Gasteiger partial charge in [-0.25, -0.2) is 8.98 Å². The van der Waals surface area contributed by atoms with Crippen molar-refractivity contribution in [1.29, 1.82) is 0 Å². The summed E-state index contributed by atoms with van der Waals surface area (Å²) in [5, 5.41) is 0. The van der Waals surface area contributed by atoms with Gasteiger partial charge in [-0.2, -0.15) is 8.42 Å². The van der Waals surface area contributed by atoms with Crippen molar-refractivity contribution < 1.29 is 21.6 Å². The van der Waals surface area contributed by atoms with Gasteiger partial charge < -0.3 is 4.18 Å². The van der Waals surface area contributed by atoms with E-state index in [1.807, 2.05) is 0 Å². The van der Waals surface area contributed by atoms with Crippen LogP contribution >= 0.6 is 0 Å². The van der Waals surface area contributed by atoms with Crippen molar-refractivity contribution >= 4 is 16.4 Å². The summed E-state index contributed by atoms with van der Waals surface area (Å²) in [5.41, 5.74) is 0. The van der Waals surface area contributed by atoms with Crippen LogP contribution in [0.3, 0.4) is 0 Å². The molecule has 0 heterocycles. The second-order valence-electron chi connectivity index (χ2n) is 1.84. The Labute approximate surface area is 71.3 Å². The van der Waals surface area contributed by atoms with E-state index in [9.17, 15) is 13.2 Å². The zero-order chi connectivity index (χ0) is 9.61. The molecule has 0 aliphatic carbocycles. The molecular formula is C6H10O5S. The average molecular weight is 194 g/mol. The largest absolute Gasteiger partial charge is 0.451 e. The molecule has 0 saturated carbocycles. The van der Waals surface area contributed by atoms with Gasteiger partial charge in [-0.15, -0.1) is 0 Å². The second kappa shape index (κ2) is 4.89. The van der Waals surface area contributed by atoms with Crippen LogP contribution < -0.4 is 0 Å². The minimum absolute atomic E-state index is 0.00719. The lowest BCUT2D eigenvalue weighted by Crippen LogP contribution is -2.14. The number of hydrogen-bond acceptors (Lipinski definition) is 5. The Morgan fingerprint density at radius 1 is 1.58 bits per heavy atom. The highest BCUT2D eigenvalue weighted by molar-refractivity contribution is 7.82. The molecule has 70 valence electrons. The molecule has 0 spiro atoms. The van der Waals surface area contributed by atoms with E-state index < -0.39 is 16.4 Å². The Hall–Kier alpha value is -0.880. The van der Waals surface area contributed by atoms with Crippen LogP contribution in [-0.2, 0) is 23.6 Å². The molecule has 0 atom stereocenters. The smallest absolute Gasteiger partial charge is 0.321 e. The van der Waals surface area contributed by atoms with Crippen molar-refractivity contribution in [2.24, 2.45) is 0 Å². The van der Waals surface area contributed by atoms with Crippen molar-refractivity contribution in [3.8, 4) is 0 Å². The third-order valence-electron chi connectivity index (χ3n) is 0.783. The number of hydrogen-bond donors (Lipinski definition) is 0. The fourth-order valence-electron chi connectivity index (χ4n) is 0.344. The third kappa shape index (κ3) is 4.86. The maximum absolute atomic E-state index is 10.6. The van der Waals surface area contributed by atoms with Crippen molar-refractivity contribution in [3.05, 3.63) is 12.7 Å². The Bertz CT molecular complexity index is 253. The van der Waals surface area contributed by atoms with E-state index in [1.165, 1.54) is 0 Å². The van der Waals surface area contributed by atoms with Crippen LogP contribution in [0, 0.1) is 0 Å². The Morgan fingerprint density at radius 3 is 2.58 bits per heavy atom. The molecule has 0 bridgehead atoms. The van der Waals surface area contributed by atoms with E-state index in [2.05, 4.69) is 14.9 Å². The average Bonchev–Trinajstić information content (AvgIpc) is 2.00. The lowest BCUT2D eigenvalue weighted by molar-refractivity contribution is -0.129. The van der Waals surface area contributed by atoms with E-state index in [4.69, 9.17) is 0 Å². The molecule has 6 heteroatoms. The highest BCUT2D eigenvalue weighted by Gasteiger charge is 2.14. The van der Waals surface area contributed by atoms with E-state index in [0.29, 0.717) is 6.42 Å². The van der Waals surface area contributed by atoms with Crippen molar-refractivity contribution in [3.63, 3.8) is 0 Å². The molecule has 0 aliphatic rings. The minimum atomic E-state index is -4.18. The number of rotatable bonds is 5. The highest BCUT2D eigenvalue weighted by atomic mass is 32.3. The lowest BCUT2D eigenvalue weighted by atomic mass is 10.5. The van der Waals surface area contributed by atoms with Gasteiger partial charge in [-0.05, 0) is 6.42 Å². The van der Waals surface area contributed by atoms with Crippen LogP contribution in [-0.4, -0.2) is 21.0 Å². The van der Waals surface area contributed by atoms with E-state index in [0.717, 1.165) is 6.08 Å². The summed E-state index contributed by atoms with van der Waals surface area (Å²) in [5.74, 6) is -1.05. The predicted molar refractivity (Wildman–Crippen MR) is 41.5 cm³/mol. The van der Waals surface area contributed by atoms with Gasteiger partial charge in [-0.3, -0.25) is 0 Å². The lowest BCUT2D eigenvalue weighted by Gasteiger charge is -2.01. The molecule has 0 aromatic rings. The summed E-state index contributed by atoms with van der Waals surface area (Å²) in [6.07, 6.45) is 1.26. The molecule has 5 nitrogen and oxygen atoms in total. The van der Waals surface area contributed by atoms with Crippen molar-refractivity contribution in [1.82, 2.24) is 0 Å². The van der Waals surface area contributed by atoms with Crippen molar-refractivity contribution in [2.75, 3.05) is 6.61 Å². The second-order valence-corrected chi connectivity index (χ2v) is 3.06. The number of carbonyl (C=O) groups excluding carboxylic acids is 1. The number of carbonyl (C=O) groups is 1. The summed E-state index contributed by atoms with van der Waals surface area (Å²) in [6.45, 7) is 4.75. The topological polar surface area (TPSA) is 69.7 Å². The molecule has 0 aliphatic heterocycles. The predicted octanol–water partition coefficient (Wildman–Crippen LogP) is 0.387. The zero-order valence-electron chi connectivity index (χ0n) is 6.65. The van der Waals surface area contributed by atoms with Gasteiger partial charge in [0.15, 0.2) is 0 Å². The Balaban J connectivity index is 4.05. The maximum Gasteiger partial charge on any atom is 0.451 e. The third-order valence-corrected chi connectivity index (χ3v) is 1.61.